The molecular formula is C22H23F5N2O5. The summed E-state index contributed by atoms with van der Waals surface area (Å²) in [5, 5.41) is 14.2. The van der Waals surface area contributed by atoms with E-state index in [0.29, 0.717) is 6.07 Å². The molecule has 0 spiro atoms. The standard InChI is InChI=1S/C22H23F5N2O5/c1-21(2,3)34-20(32)28-6-7-33-11-12-8-13(23)4-5-17(12)29-18-10-15(22(25,26)27)16(24)9-14(18)19(30)31/h4-5,8-10,29H,6-7,11H2,1-3H3,(H,28,32)(H,30,31). The zero-order valence-corrected chi connectivity index (χ0v) is 18.5. The number of carboxylic acid groups (broad SMARTS) is 1. The number of aromatic carboxylic acids is 1. The number of alkyl carbamates (subject to hydrolysis) is 1. The molecule has 2 aromatic carbocycles. The van der Waals surface area contributed by atoms with Crippen molar-refractivity contribution in [1.82, 2.24) is 5.32 Å². The normalized spacial score (nSPS) is 11.8. The van der Waals surface area contributed by atoms with Crippen molar-refractivity contribution in [2.45, 2.75) is 39.2 Å². The summed E-state index contributed by atoms with van der Waals surface area (Å²) in [7, 11) is 0. The number of ether oxygens (including phenoxy) is 2. The van der Waals surface area contributed by atoms with Crippen molar-refractivity contribution in [3.05, 3.63) is 58.7 Å². The zero-order valence-electron chi connectivity index (χ0n) is 18.5. The van der Waals surface area contributed by atoms with Gasteiger partial charge in [0.2, 0.25) is 0 Å². The van der Waals surface area contributed by atoms with Gasteiger partial charge in [0.1, 0.15) is 17.2 Å². The van der Waals surface area contributed by atoms with E-state index in [1.165, 1.54) is 6.07 Å². The van der Waals surface area contributed by atoms with Gasteiger partial charge in [0.05, 0.1) is 30.0 Å². The van der Waals surface area contributed by atoms with E-state index in [1.807, 2.05) is 0 Å². The molecule has 3 N–H and O–H groups in total. The predicted octanol–water partition coefficient (Wildman–Crippen LogP) is 5.47. The minimum absolute atomic E-state index is 0.00958. The highest BCUT2D eigenvalue weighted by Crippen LogP contribution is 2.36. The number of rotatable bonds is 8. The molecule has 0 fully saturated rings. The van der Waals surface area contributed by atoms with Gasteiger partial charge in [-0.25, -0.2) is 18.4 Å². The van der Waals surface area contributed by atoms with Crippen LogP contribution in [-0.4, -0.2) is 35.9 Å². The Morgan fingerprint density at radius 2 is 1.71 bits per heavy atom. The van der Waals surface area contributed by atoms with Gasteiger partial charge in [0.15, 0.2) is 0 Å². The van der Waals surface area contributed by atoms with E-state index < -0.39 is 52.3 Å². The molecule has 0 unspecified atom stereocenters. The number of anilines is 2. The number of halogens is 5. The molecule has 2 aromatic rings. The van der Waals surface area contributed by atoms with Gasteiger partial charge >= 0.3 is 18.2 Å². The maximum Gasteiger partial charge on any atom is 0.419 e. The first-order valence-electron chi connectivity index (χ1n) is 9.91. The van der Waals surface area contributed by atoms with E-state index >= 15 is 0 Å². The van der Waals surface area contributed by atoms with E-state index in [9.17, 15) is 36.6 Å². The van der Waals surface area contributed by atoms with Crippen LogP contribution < -0.4 is 10.6 Å². The molecular weight excluding hydrogens is 467 g/mol. The highest BCUT2D eigenvalue weighted by molar-refractivity contribution is 5.95. The van der Waals surface area contributed by atoms with Gasteiger partial charge < -0.3 is 25.2 Å². The van der Waals surface area contributed by atoms with E-state index in [4.69, 9.17) is 9.47 Å². The fourth-order valence-corrected chi connectivity index (χ4v) is 2.74. The highest BCUT2D eigenvalue weighted by Gasteiger charge is 2.35. The molecule has 7 nitrogen and oxygen atoms in total. The third-order valence-corrected chi connectivity index (χ3v) is 4.15. The molecule has 0 aliphatic rings. The Balaban J connectivity index is 2.16. The topological polar surface area (TPSA) is 96.9 Å². The van der Waals surface area contributed by atoms with Crippen LogP contribution in [0.15, 0.2) is 30.3 Å². The summed E-state index contributed by atoms with van der Waals surface area (Å²) < 4.78 is 77.3. The summed E-state index contributed by atoms with van der Waals surface area (Å²) in [6.07, 6.45) is -5.73. The third kappa shape index (κ3) is 7.87. The first-order chi connectivity index (χ1) is 15.7. The Labute approximate surface area is 191 Å². The first-order valence-corrected chi connectivity index (χ1v) is 9.91. The second kappa shape index (κ2) is 10.7. The second-order valence-corrected chi connectivity index (χ2v) is 8.09. The molecule has 34 heavy (non-hydrogen) atoms. The molecule has 0 aliphatic carbocycles. The molecule has 0 radical (unpaired) electrons. The number of benzene rings is 2. The van der Waals surface area contributed by atoms with Crippen LogP contribution in [0, 0.1) is 11.6 Å². The van der Waals surface area contributed by atoms with Crippen molar-refractivity contribution in [1.29, 1.82) is 0 Å². The lowest BCUT2D eigenvalue weighted by Gasteiger charge is -2.19. The summed E-state index contributed by atoms with van der Waals surface area (Å²) in [6.45, 7) is 4.89. The summed E-state index contributed by atoms with van der Waals surface area (Å²) in [6, 6.07) is 3.81. The van der Waals surface area contributed by atoms with Crippen LogP contribution in [-0.2, 0) is 22.3 Å². The predicted molar refractivity (Wildman–Crippen MR) is 112 cm³/mol. The van der Waals surface area contributed by atoms with E-state index in [-0.39, 0.29) is 37.1 Å². The van der Waals surface area contributed by atoms with Crippen molar-refractivity contribution in [2.75, 3.05) is 18.5 Å². The van der Waals surface area contributed by atoms with Crippen molar-refractivity contribution in [3.8, 4) is 0 Å². The number of amides is 1. The quantitative estimate of drug-likeness (QED) is 0.336. The number of nitrogens with one attached hydrogen (secondary N) is 2. The van der Waals surface area contributed by atoms with Crippen LogP contribution in [0.2, 0.25) is 0 Å². The average Bonchev–Trinajstić information content (AvgIpc) is 2.68. The van der Waals surface area contributed by atoms with Gasteiger partial charge in [-0.3, -0.25) is 0 Å². The fourth-order valence-electron chi connectivity index (χ4n) is 2.74. The molecule has 0 aliphatic heterocycles. The average molecular weight is 490 g/mol. The Kier molecular flexibility index (Phi) is 8.43. The summed E-state index contributed by atoms with van der Waals surface area (Å²) >= 11 is 0. The molecule has 0 bridgehead atoms. The third-order valence-electron chi connectivity index (χ3n) is 4.15. The van der Waals surface area contributed by atoms with Crippen molar-refractivity contribution in [3.63, 3.8) is 0 Å². The van der Waals surface area contributed by atoms with Crippen molar-refractivity contribution < 1.29 is 46.1 Å². The molecule has 186 valence electrons. The molecule has 2 rings (SSSR count). The van der Waals surface area contributed by atoms with Gasteiger partial charge in [-0.1, -0.05) is 0 Å². The van der Waals surface area contributed by atoms with E-state index in [1.54, 1.807) is 20.8 Å². The van der Waals surface area contributed by atoms with Crippen LogP contribution in [0.1, 0.15) is 42.3 Å². The Hall–Kier alpha value is -3.41. The summed E-state index contributed by atoms with van der Waals surface area (Å²) in [4.78, 5) is 23.0. The van der Waals surface area contributed by atoms with Crippen LogP contribution >= 0.6 is 0 Å². The Morgan fingerprint density at radius 3 is 2.29 bits per heavy atom. The van der Waals surface area contributed by atoms with Crippen molar-refractivity contribution in [2.24, 2.45) is 0 Å². The van der Waals surface area contributed by atoms with Crippen molar-refractivity contribution >= 4 is 23.4 Å². The second-order valence-electron chi connectivity index (χ2n) is 8.09. The molecule has 0 saturated carbocycles. The summed E-state index contributed by atoms with van der Waals surface area (Å²) in [5.74, 6) is -4.08. The van der Waals surface area contributed by atoms with Gasteiger partial charge in [0.25, 0.3) is 0 Å². The fraction of sp³-hybridized carbons (Fsp3) is 0.364. The first kappa shape index (κ1) is 26.8. The molecule has 12 heteroatoms. The molecule has 0 saturated heterocycles. The Morgan fingerprint density at radius 1 is 1.03 bits per heavy atom. The number of carbonyl (C=O) groups is 2. The minimum atomic E-state index is -5.06. The maximum atomic E-state index is 13.8. The van der Waals surface area contributed by atoms with Gasteiger partial charge in [-0.15, -0.1) is 0 Å². The number of carboxylic acids is 1. The van der Waals surface area contributed by atoms with Crippen LogP contribution in [0.3, 0.4) is 0 Å². The number of hydrogen-bond donors (Lipinski definition) is 3. The Bertz CT molecular complexity index is 1050. The van der Waals surface area contributed by atoms with Gasteiger partial charge in [0, 0.05) is 17.8 Å². The smallest absolute Gasteiger partial charge is 0.419 e. The maximum absolute atomic E-state index is 13.8. The number of carbonyl (C=O) groups excluding carboxylic acids is 1. The SMILES string of the molecule is CC(C)(C)OC(=O)NCCOCc1cc(F)ccc1Nc1cc(C(F)(F)F)c(F)cc1C(=O)O. The van der Waals surface area contributed by atoms with Crippen LogP contribution in [0.4, 0.5) is 38.1 Å². The van der Waals surface area contributed by atoms with E-state index in [2.05, 4.69) is 10.6 Å². The minimum Gasteiger partial charge on any atom is -0.478 e. The van der Waals surface area contributed by atoms with Gasteiger partial charge in [-0.2, -0.15) is 13.2 Å². The van der Waals surface area contributed by atoms with Crippen LogP contribution in [0.5, 0.6) is 0 Å². The largest absolute Gasteiger partial charge is 0.478 e. The van der Waals surface area contributed by atoms with Crippen LogP contribution in [0.25, 0.3) is 0 Å². The molecule has 0 atom stereocenters. The lowest BCUT2D eigenvalue weighted by atomic mass is 10.1. The summed E-state index contributed by atoms with van der Waals surface area (Å²) in [5.41, 5.74) is -3.44. The lowest BCUT2D eigenvalue weighted by Crippen LogP contribution is -2.34. The molecule has 1 amide bonds. The highest BCUT2D eigenvalue weighted by atomic mass is 19.4. The number of alkyl halides is 3. The molecule has 0 heterocycles. The van der Waals surface area contributed by atoms with E-state index in [0.717, 1.165) is 12.1 Å². The van der Waals surface area contributed by atoms with Gasteiger partial charge in [-0.05, 0) is 51.1 Å². The zero-order chi connectivity index (χ0) is 25.7. The molecule has 0 aromatic heterocycles. The monoisotopic (exact) mass is 490 g/mol. The number of hydrogen-bond acceptors (Lipinski definition) is 5. The lowest BCUT2D eigenvalue weighted by molar-refractivity contribution is -0.139.